The molecule has 0 unspecified atom stereocenters. The zero-order chi connectivity index (χ0) is 13.0. The molecule has 0 atom stereocenters. The molecule has 1 aromatic carbocycles. The zero-order valence-corrected chi connectivity index (χ0v) is 10.1. The number of halogens is 1. The van der Waals surface area contributed by atoms with E-state index in [1.165, 1.54) is 10.9 Å². The Hall–Kier alpha value is -2.14. The van der Waals surface area contributed by atoms with Crippen molar-refractivity contribution in [2.75, 3.05) is 5.32 Å². The third kappa shape index (κ3) is 3.18. The first-order valence-corrected chi connectivity index (χ1v) is 5.60. The third-order valence-corrected chi connectivity index (χ3v) is 2.42. The molecule has 0 spiro atoms. The monoisotopic (exact) mass is 263 g/mol. The molecule has 6 heteroatoms. The molecule has 0 aliphatic heterocycles. The van der Waals surface area contributed by atoms with Crippen molar-refractivity contribution < 1.29 is 4.79 Å². The smallest absolute Gasteiger partial charge is 0.255 e. The molecule has 0 saturated carbocycles. The maximum atomic E-state index is 11.7. The summed E-state index contributed by atoms with van der Waals surface area (Å²) in [6.07, 6.45) is 1.25. The van der Waals surface area contributed by atoms with Gasteiger partial charge in [0, 0.05) is 11.8 Å². The van der Waals surface area contributed by atoms with E-state index in [9.17, 15) is 9.59 Å². The van der Waals surface area contributed by atoms with Crippen LogP contribution in [0.5, 0.6) is 0 Å². The second kappa shape index (κ2) is 5.46. The summed E-state index contributed by atoms with van der Waals surface area (Å²) in [6.45, 7) is -0.0993. The number of nitrogens with zero attached hydrogens (tertiary/aromatic N) is 2. The molecular weight excluding hydrogens is 254 g/mol. The highest BCUT2D eigenvalue weighted by atomic mass is 35.5. The minimum absolute atomic E-state index is 0.0993. The van der Waals surface area contributed by atoms with Crippen LogP contribution >= 0.6 is 11.6 Å². The minimum Gasteiger partial charge on any atom is -0.325 e. The van der Waals surface area contributed by atoms with E-state index in [4.69, 9.17) is 11.6 Å². The van der Waals surface area contributed by atoms with Gasteiger partial charge in [0.2, 0.25) is 5.91 Å². The number of para-hydroxylation sites is 1. The van der Waals surface area contributed by atoms with E-state index in [-0.39, 0.29) is 23.2 Å². The van der Waals surface area contributed by atoms with Crippen molar-refractivity contribution in [3.05, 3.63) is 58.2 Å². The maximum Gasteiger partial charge on any atom is 0.255 e. The van der Waals surface area contributed by atoms with E-state index < -0.39 is 0 Å². The molecule has 0 aliphatic rings. The van der Waals surface area contributed by atoms with Gasteiger partial charge in [-0.15, -0.1) is 0 Å². The number of anilines is 1. The first-order valence-electron chi connectivity index (χ1n) is 5.22. The van der Waals surface area contributed by atoms with E-state index in [0.717, 1.165) is 6.07 Å². The normalized spacial score (nSPS) is 10.1. The molecule has 1 N–H and O–H groups in total. The van der Waals surface area contributed by atoms with Crippen LogP contribution in [0.1, 0.15) is 0 Å². The summed E-state index contributed by atoms with van der Waals surface area (Å²) < 4.78 is 1.18. The van der Waals surface area contributed by atoms with E-state index in [1.54, 1.807) is 12.1 Å². The summed E-state index contributed by atoms with van der Waals surface area (Å²) in [4.78, 5) is 26.9. The van der Waals surface area contributed by atoms with Gasteiger partial charge in [0.1, 0.15) is 11.7 Å². The summed E-state index contributed by atoms with van der Waals surface area (Å²) in [7, 11) is 0. The van der Waals surface area contributed by atoms with Gasteiger partial charge in [0.15, 0.2) is 0 Å². The lowest BCUT2D eigenvalue weighted by Crippen LogP contribution is -2.27. The van der Waals surface area contributed by atoms with E-state index in [2.05, 4.69) is 10.3 Å². The lowest BCUT2D eigenvalue weighted by molar-refractivity contribution is -0.116. The number of hydrogen-bond donors (Lipinski definition) is 1. The van der Waals surface area contributed by atoms with Gasteiger partial charge in [0.05, 0.1) is 6.33 Å². The lowest BCUT2D eigenvalue weighted by Gasteiger charge is -2.06. The first kappa shape index (κ1) is 12.3. The van der Waals surface area contributed by atoms with Crippen LogP contribution in [0.3, 0.4) is 0 Å². The van der Waals surface area contributed by atoms with Gasteiger partial charge < -0.3 is 5.32 Å². The van der Waals surface area contributed by atoms with E-state index in [0.29, 0.717) is 5.69 Å². The highest BCUT2D eigenvalue weighted by molar-refractivity contribution is 6.29. The SMILES string of the molecule is O=C(Cn1cnc(Cl)cc1=O)Nc1ccccc1. The molecular formula is C12H10ClN3O2. The molecule has 0 fully saturated rings. The Morgan fingerprint density at radius 1 is 1.33 bits per heavy atom. The minimum atomic E-state index is -0.363. The highest BCUT2D eigenvalue weighted by Crippen LogP contribution is 2.04. The number of rotatable bonds is 3. The first-order chi connectivity index (χ1) is 8.65. The molecule has 0 bridgehead atoms. The van der Waals surface area contributed by atoms with Gasteiger partial charge in [-0.3, -0.25) is 14.2 Å². The molecule has 0 saturated heterocycles. The topological polar surface area (TPSA) is 64.0 Å². The number of carbonyl (C=O) groups is 1. The highest BCUT2D eigenvalue weighted by Gasteiger charge is 2.05. The predicted octanol–water partition coefficient (Wildman–Crippen LogP) is 1.54. The summed E-state index contributed by atoms with van der Waals surface area (Å²) in [6, 6.07) is 10.2. The van der Waals surface area contributed by atoms with Gasteiger partial charge in [-0.25, -0.2) is 4.98 Å². The molecule has 0 radical (unpaired) electrons. The quantitative estimate of drug-likeness (QED) is 0.855. The number of hydrogen-bond acceptors (Lipinski definition) is 3. The fourth-order valence-electron chi connectivity index (χ4n) is 1.40. The average molecular weight is 264 g/mol. The molecule has 1 heterocycles. The Balaban J connectivity index is 2.06. The van der Waals surface area contributed by atoms with Crippen LogP contribution in [0.15, 0.2) is 47.5 Å². The van der Waals surface area contributed by atoms with E-state index >= 15 is 0 Å². The number of nitrogens with one attached hydrogen (secondary N) is 1. The van der Waals surface area contributed by atoms with Gasteiger partial charge in [-0.05, 0) is 12.1 Å². The van der Waals surface area contributed by atoms with Crippen molar-refractivity contribution in [1.29, 1.82) is 0 Å². The molecule has 1 amide bonds. The third-order valence-electron chi connectivity index (χ3n) is 2.22. The molecule has 2 rings (SSSR count). The van der Waals surface area contributed by atoms with Gasteiger partial charge in [0.25, 0.3) is 5.56 Å². The van der Waals surface area contributed by atoms with Crippen LogP contribution < -0.4 is 10.9 Å². The lowest BCUT2D eigenvalue weighted by atomic mass is 10.3. The molecule has 2 aromatic rings. The average Bonchev–Trinajstić information content (AvgIpc) is 2.34. The number of aromatic nitrogens is 2. The Bertz CT molecular complexity index is 610. The van der Waals surface area contributed by atoms with Crippen LogP contribution in [0.2, 0.25) is 5.15 Å². The summed E-state index contributed by atoms with van der Waals surface area (Å²) >= 11 is 5.56. The van der Waals surface area contributed by atoms with Crippen LogP contribution in [0.25, 0.3) is 0 Å². The Kier molecular flexibility index (Phi) is 3.74. The van der Waals surface area contributed by atoms with Gasteiger partial charge >= 0.3 is 0 Å². The standard InChI is InChI=1S/C12H10ClN3O2/c13-10-6-12(18)16(8-14-10)7-11(17)15-9-4-2-1-3-5-9/h1-6,8H,7H2,(H,15,17). The zero-order valence-electron chi connectivity index (χ0n) is 9.34. The van der Waals surface area contributed by atoms with Crippen molar-refractivity contribution >= 4 is 23.2 Å². The summed E-state index contributed by atoms with van der Waals surface area (Å²) in [5.41, 5.74) is 0.315. The van der Waals surface area contributed by atoms with Crippen molar-refractivity contribution in [1.82, 2.24) is 9.55 Å². The number of amides is 1. The molecule has 18 heavy (non-hydrogen) atoms. The Morgan fingerprint density at radius 2 is 2.06 bits per heavy atom. The van der Waals surface area contributed by atoms with Gasteiger partial charge in [-0.1, -0.05) is 29.8 Å². The van der Waals surface area contributed by atoms with Crippen LogP contribution in [0, 0.1) is 0 Å². The second-order valence-corrected chi connectivity index (χ2v) is 3.98. The number of benzene rings is 1. The van der Waals surface area contributed by atoms with Crippen LogP contribution in [-0.4, -0.2) is 15.5 Å². The molecule has 0 aliphatic carbocycles. The molecule has 1 aromatic heterocycles. The largest absolute Gasteiger partial charge is 0.325 e. The van der Waals surface area contributed by atoms with Crippen molar-refractivity contribution in [2.24, 2.45) is 0 Å². The molecule has 5 nitrogen and oxygen atoms in total. The summed E-state index contributed by atoms with van der Waals surface area (Å²) in [5, 5.41) is 2.78. The fraction of sp³-hybridized carbons (Fsp3) is 0.0833. The maximum absolute atomic E-state index is 11.7. The van der Waals surface area contributed by atoms with Crippen molar-refractivity contribution in [2.45, 2.75) is 6.54 Å². The Labute approximate surface area is 108 Å². The number of carbonyl (C=O) groups excluding carboxylic acids is 1. The van der Waals surface area contributed by atoms with Gasteiger partial charge in [-0.2, -0.15) is 0 Å². The Morgan fingerprint density at radius 3 is 2.72 bits per heavy atom. The molecule has 92 valence electrons. The van der Waals surface area contributed by atoms with Crippen LogP contribution in [-0.2, 0) is 11.3 Å². The predicted molar refractivity (Wildman–Crippen MR) is 68.6 cm³/mol. The second-order valence-electron chi connectivity index (χ2n) is 3.59. The van der Waals surface area contributed by atoms with Crippen molar-refractivity contribution in [3.8, 4) is 0 Å². The summed E-state index contributed by atoms with van der Waals surface area (Å²) in [5.74, 6) is -0.299. The van der Waals surface area contributed by atoms with Crippen LogP contribution in [0.4, 0.5) is 5.69 Å². The van der Waals surface area contributed by atoms with E-state index in [1.807, 2.05) is 18.2 Å². The van der Waals surface area contributed by atoms with Crippen molar-refractivity contribution in [3.63, 3.8) is 0 Å². The fourth-order valence-corrected chi connectivity index (χ4v) is 1.54.